The van der Waals surface area contributed by atoms with Crippen LogP contribution in [0.1, 0.15) is 64.5 Å². The smallest absolute Gasteiger partial charge is 0.166 e. The zero-order valence-electron chi connectivity index (χ0n) is 24.9. The van der Waals surface area contributed by atoms with E-state index in [-0.39, 0.29) is 35.3 Å². The number of anilines is 2. The average molecular weight is 657 g/mol. The van der Waals surface area contributed by atoms with E-state index in [2.05, 4.69) is 9.98 Å². The van der Waals surface area contributed by atoms with Crippen LogP contribution in [0.3, 0.4) is 0 Å². The fraction of sp³-hybridized carbons (Fsp3) is 0.533. The number of rotatable bonds is 4. The van der Waals surface area contributed by atoms with E-state index in [9.17, 15) is 34.4 Å². The highest BCUT2D eigenvalue weighted by Crippen LogP contribution is 2.54. The summed E-state index contributed by atoms with van der Waals surface area (Å²) < 4.78 is 106. The summed E-state index contributed by atoms with van der Waals surface area (Å²) in [5, 5.41) is -2.12. The molecule has 4 aliphatic rings. The second-order valence-corrected chi connectivity index (χ2v) is 17.7. The van der Waals surface area contributed by atoms with E-state index in [1.165, 1.54) is 24.3 Å². The van der Waals surface area contributed by atoms with Gasteiger partial charge < -0.3 is 11.5 Å². The van der Waals surface area contributed by atoms with Crippen LogP contribution in [0.4, 0.5) is 28.9 Å². The van der Waals surface area contributed by atoms with Crippen LogP contribution >= 0.6 is 0 Å². The molecule has 0 aromatic heterocycles. The van der Waals surface area contributed by atoms with Crippen molar-refractivity contribution in [2.45, 2.75) is 84.5 Å². The molecule has 0 spiro atoms. The van der Waals surface area contributed by atoms with Crippen molar-refractivity contribution in [2.24, 2.45) is 9.98 Å². The van der Waals surface area contributed by atoms with Crippen LogP contribution in [-0.4, -0.2) is 61.6 Å². The van der Waals surface area contributed by atoms with Crippen molar-refractivity contribution in [3.05, 3.63) is 59.2 Å². The first kappa shape index (κ1) is 32.4. The molecule has 0 radical (unpaired) electrons. The van der Waals surface area contributed by atoms with Crippen molar-refractivity contribution in [1.29, 1.82) is 0 Å². The summed E-state index contributed by atoms with van der Waals surface area (Å²) in [6.45, 7) is 4.22. The van der Waals surface area contributed by atoms with Crippen LogP contribution in [0, 0.1) is 11.6 Å². The van der Waals surface area contributed by atoms with E-state index in [1.807, 2.05) is 0 Å². The third-order valence-corrected chi connectivity index (χ3v) is 16.7. The number of fused-ring (bicyclic) bond motifs is 4. The Morgan fingerprint density at radius 2 is 1.07 bits per heavy atom. The minimum absolute atomic E-state index is 0.0770. The normalized spacial score (nSPS) is 36.2. The lowest BCUT2D eigenvalue weighted by Gasteiger charge is -2.40. The topological polar surface area (TPSA) is 145 Å². The fourth-order valence-corrected chi connectivity index (χ4v) is 12.7. The van der Waals surface area contributed by atoms with Crippen molar-refractivity contribution < 1.29 is 34.4 Å². The first-order valence-electron chi connectivity index (χ1n) is 14.2. The Bertz CT molecular complexity index is 1690. The summed E-state index contributed by atoms with van der Waals surface area (Å²) in [6, 6.07) is 7.56. The Hall–Kier alpha value is -3.00. The molecule has 2 fully saturated rings. The summed E-state index contributed by atoms with van der Waals surface area (Å²) in [4.78, 5) is 8.73. The molecular formula is C30H36F4N4O4S2. The third-order valence-electron chi connectivity index (χ3n) is 10.4. The van der Waals surface area contributed by atoms with Crippen molar-refractivity contribution in [3.63, 3.8) is 0 Å². The van der Waals surface area contributed by atoms with Gasteiger partial charge >= 0.3 is 0 Å². The number of hydrogen-bond acceptors (Lipinski definition) is 8. The average Bonchev–Trinajstić information content (AvgIpc) is 3.25. The molecule has 4 aliphatic heterocycles. The first-order valence-corrected chi connectivity index (χ1v) is 17.3. The van der Waals surface area contributed by atoms with E-state index in [0.717, 1.165) is 12.1 Å². The maximum Gasteiger partial charge on any atom is 0.166 e. The summed E-state index contributed by atoms with van der Waals surface area (Å²) >= 11 is 0. The molecule has 2 saturated heterocycles. The Morgan fingerprint density at radius 3 is 1.39 bits per heavy atom. The number of sulfone groups is 2. The number of benzene rings is 2. The maximum absolute atomic E-state index is 14.3. The number of nitrogen functional groups attached to an aromatic ring is 2. The summed E-state index contributed by atoms with van der Waals surface area (Å²) in [7, 11) is -7.31. The highest BCUT2D eigenvalue weighted by Gasteiger charge is 2.65. The summed E-state index contributed by atoms with van der Waals surface area (Å²) in [6.07, 6.45) is 1.28. The Balaban J connectivity index is 0.000000175. The van der Waals surface area contributed by atoms with Gasteiger partial charge in [-0.1, -0.05) is 0 Å². The van der Waals surface area contributed by atoms with Crippen molar-refractivity contribution in [2.75, 3.05) is 24.8 Å². The van der Waals surface area contributed by atoms with Gasteiger partial charge in [0.2, 0.25) is 0 Å². The predicted molar refractivity (Wildman–Crippen MR) is 164 cm³/mol. The molecule has 8 nitrogen and oxygen atoms in total. The molecule has 4 bridgehead atoms. The molecular weight excluding hydrogens is 620 g/mol. The molecule has 6 rings (SSSR count). The number of aliphatic imine (C=N–C) groups is 2. The van der Waals surface area contributed by atoms with Crippen LogP contribution in [0.2, 0.25) is 0 Å². The SMILES string of the molecule is CC1=N[C@](CF)(c2cc(N)ccc2F)[C@@H]2CC[C@@]1(C)S2(=O)=O.CC1=N[C@](CF)(c2cc(N)ccc2F)[C@H]2CC[C@]1(C)S2(=O)=O. The van der Waals surface area contributed by atoms with E-state index in [0.29, 0.717) is 24.3 Å². The fourth-order valence-electron chi connectivity index (χ4n) is 7.37. The van der Waals surface area contributed by atoms with Gasteiger partial charge in [-0.3, -0.25) is 9.98 Å². The molecule has 0 unspecified atom stereocenters. The van der Waals surface area contributed by atoms with Crippen LogP contribution in [0.5, 0.6) is 0 Å². The Kier molecular flexibility index (Phi) is 7.55. The van der Waals surface area contributed by atoms with Gasteiger partial charge in [-0.15, -0.1) is 0 Å². The van der Waals surface area contributed by atoms with Gasteiger partial charge in [-0.2, -0.15) is 0 Å². The predicted octanol–water partition coefficient (Wildman–Crippen LogP) is 4.77. The standard InChI is InChI=1S/2C15H18F2N2O2S/c2*1-9-14(2)6-5-13(22(14,20)21)15(8-16,19-9)11-7-10(18)3-4-12(11)17/h2*3-4,7,13H,5-6,8,18H2,1-2H3/t13-,14+,15+;13-,14+,15-/m01/s1. The number of halogens is 4. The molecule has 240 valence electrons. The van der Waals surface area contributed by atoms with Crippen LogP contribution < -0.4 is 11.5 Å². The zero-order valence-corrected chi connectivity index (χ0v) is 26.5. The lowest BCUT2D eigenvalue weighted by Crippen LogP contribution is -2.54. The number of nitrogens with zero attached hydrogens (tertiary/aromatic N) is 2. The second kappa shape index (κ2) is 10.3. The molecule has 4 heterocycles. The Morgan fingerprint density at radius 1 is 0.727 bits per heavy atom. The summed E-state index contributed by atoms with van der Waals surface area (Å²) in [5.41, 5.74) is 8.91. The van der Waals surface area contributed by atoms with E-state index in [1.54, 1.807) is 27.7 Å². The van der Waals surface area contributed by atoms with E-state index < -0.39 is 75.7 Å². The Labute approximate surface area is 254 Å². The van der Waals surface area contributed by atoms with Gasteiger partial charge in [-0.25, -0.2) is 34.4 Å². The first-order chi connectivity index (χ1) is 20.4. The lowest BCUT2D eigenvalue weighted by molar-refractivity contribution is 0.289. The van der Waals surface area contributed by atoms with Gasteiger partial charge in [0.1, 0.15) is 45.6 Å². The highest BCUT2D eigenvalue weighted by molar-refractivity contribution is 7.95. The number of alkyl halides is 2. The third kappa shape index (κ3) is 4.11. The quantitative estimate of drug-likeness (QED) is 0.359. The number of nitrogens with two attached hydrogens (primary N) is 2. The lowest BCUT2D eigenvalue weighted by atomic mass is 9.86. The van der Waals surface area contributed by atoms with Crippen LogP contribution in [-0.2, 0) is 30.8 Å². The molecule has 14 heteroatoms. The summed E-state index contributed by atoms with van der Waals surface area (Å²) in [5.74, 6) is -1.37. The molecule has 2 aromatic rings. The van der Waals surface area contributed by atoms with Gasteiger partial charge in [0.05, 0.1) is 10.5 Å². The van der Waals surface area contributed by atoms with Crippen molar-refractivity contribution in [1.82, 2.24) is 0 Å². The molecule has 0 aliphatic carbocycles. The molecule has 2 aromatic carbocycles. The van der Waals surface area contributed by atoms with Crippen LogP contribution in [0.25, 0.3) is 0 Å². The van der Waals surface area contributed by atoms with E-state index in [4.69, 9.17) is 11.5 Å². The largest absolute Gasteiger partial charge is 0.399 e. The molecule has 0 amide bonds. The molecule has 0 saturated carbocycles. The van der Waals surface area contributed by atoms with E-state index >= 15 is 0 Å². The molecule has 6 atom stereocenters. The highest BCUT2D eigenvalue weighted by atomic mass is 32.2. The zero-order chi connectivity index (χ0) is 32.7. The van der Waals surface area contributed by atoms with Gasteiger partial charge in [0.25, 0.3) is 0 Å². The number of hydrogen-bond donors (Lipinski definition) is 2. The maximum atomic E-state index is 14.3. The van der Waals surface area contributed by atoms with Crippen molar-refractivity contribution in [3.8, 4) is 0 Å². The minimum atomic E-state index is -3.65. The van der Waals surface area contributed by atoms with Crippen molar-refractivity contribution >= 4 is 42.5 Å². The second-order valence-electron chi connectivity index (χ2n) is 12.6. The molecule has 4 N–H and O–H groups in total. The monoisotopic (exact) mass is 656 g/mol. The van der Waals surface area contributed by atoms with Gasteiger partial charge in [-0.05, 0) is 89.8 Å². The molecule has 44 heavy (non-hydrogen) atoms. The van der Waals surface area contributed by atoms with Gasteiger partial charge in [0.15, 0.2) is 19.7 Å². The van der Waals surface area contributed by atoms with Gasteiger partial charge in [0, 0.05) is 33.9 Å². The van der Waals surface area contributed by atoms with Crippen LogP contribution in [0.15, 0.2) is 46.4 Å². The minimum Gasteiger partial charge on any atom is -0.399 e.